The van der Waals surface area contributed by atoms with Crippen LogP contribution in [0.3, 0.4) is 0 Å². The Morgan fingerprint density at radius 1 is 0.929 bits per heavy atom. The standard InChI is InChI=1S/C22H19N3O3/c1-15-7-2-4-11-19(15)22(28)24-18-10-6-9-16(13-18)21(27)25-23-14-17-8-3-5-12-20(17)26/h2-14,26H,1H3,(H,24,28)(H,25,27). The Hall–Kier alpha value is -3.93. The van der Waals surface area contributed by atoms with Crippen molar-refractivity contribution in [1.29, 1.82) is 0 Å². The third-order valence-corrected chi connectivity index (χ3v) is 4.08. The lowest BCUT2D eigenvalue weighted by molar-refractivity contribution is 0.0953. The molecule has 0 spiro atoms. The first-order valence-corrected chi connectivity index (χ1v) is 8.63. The van der Waals surface area contributed by atoms with Crippen molar-refractivity contribution in [2.45, 2.75) is 6.92 Å². The van der Waals surface area contributed by atoms with E-state index in [2.05, 4.69) is 15.8 Å². The zero-order valence-corrected chi connectivity index (χ0v) is 15.2. The fraction of sp³-hybridized carbons (Fsp3) is 0.0455. The van der Waals surface area contributed by atoms with Crippen molar-refractivity contribution >= 4 is 23.7 Å². The van der Waals surface area contributed by atoms with Crippen molar-refractivity contribution in [2.24, 2.45) is 5.10 Å². The summed E-state index contributed by atoms with van der Waals surface area (Å²) in [5, 5.41) is 16.3. The maximum Gasteiger partial charge on any atom is 0.271 e. The second kappa shape index (κ2) is 8.64. The zero-order valence-electron chi connectivity index (χ0n) is 15.2. The van der Waals surface area contributed by atoms with Crippen LogP contribution in [0.4, 0.5) is 5.69 Å². The van der Waals surface area contributed by atoms with Gasteiger partial charge >= 0.3 is 0 Å². The lowest BCUT2D eigenvalue weighted by atomic mass is 10.1. The third kappa shape index (κ3) is 4.62. The van der Waals surface area contributed by atoms with Gasteiger partial charge in [-0.3, -0.25) is 9.59 Å². The molecule has 0 atom stereocenters. The number of hydrogen-bond acceptors (Lipinski definition) is 4. The van der Waals surface area contributed by atoms with E-state index < -0.39 is 5.91 Å². The number of hydrazone groups is 1. The highest BCUT2D eigenvalue weighted by Gasteiger charge is 2.10. The quantitative estimate of drug-likeness (QED) is 0.470. The number of phenols is 1. The van der Waals surface area contributed by atoms with E-state index in [0.29, 0.717) is 22.4 Å². The maximum atomic E-state index is 12.4. The number of carbonyl (C=O) groups is 2. The molecule has 0 unspecified atom stereocenters. The number of rotatable bonds is 5. The molecule has 0 aliphatic rings. The van der Waals surface area contributed by atoms with Gasteiger partial charge < -0.3 is 10.4 Å². The van der Waals surface area contributed by atoms with Crippen LogP contribution in [0.2, 0.25) is 0 Å². The minimum absolute atomic E-state index is 0.0708. The van der Waals surface area contributed by atoms with Gasteiger partial charge in [-0.2, -0.15) is 5.10 Å². The van der Waals surface area contributed by atoms with Gasteiger partial charge in [-0.15, -0.1) is 0 Å². The first-order valence-electron chi connectivity index (χ1n) is 8.63. The summed E-state index contributed by atoms with van der Waals surface area (Å²) in [5.74, 6) is -0.603. The number of anilines is 1. The molecule has 0 fully saturated rings. The minimum atomic E-state index is -0.432. The van der Waals surface area contributed by atoms with Crippen molar-refractivity contribution in [2.75, 3.05) is 5.32 Å². The van der Waals surface area contributed by atoms with Crippen molar-refractivity contribution in [3.8, 4) is 5.75 Å². The largest absolute Gasteiger partial charge is 0.507 e. The number of nitrogens with one attached hydrogen (secondary N) is 2. The Bertz CT molecular complexity index is 1040. The van der Waals surface area contributed by atoms with E-state index in [9.17, 15) is 14.7 Å². The molecule has 0 bridgehead atoms. The monoisotopic (exact) mass is 373 g/mol. The molecule has 6 nitrogen and oxygen atoms in total. The lowest BCUT2D eigenvalue weighted by Gasteiger charge is -2.08. The van der Waals surface area contributed by atoms with Gasteiger partial charge in [-0.25, -0.2) is 5.43 Å². The molecule has 3 rings (SSSR count). The van der Waals surface area contributed by atoms with Crippen LogP contribution in [0.5, 0.6) is 5.75 Å². The molecule has 0 saturated carbocycles. The fourth-order valence-electron chi connectivity index (χ4n) is 2.59. The van der Waals surface area contributed by atoms with Crippen molar-refractivity contribution in [1.82, 2.24) is 5.43 Å². The second-order valence-electron chi connectivity index (χ2n) is 6.11. The van der Waals surface area contributed by atoms with Gasteiger partial charge in [0.15, 0.2) is 0 Å². The van der Waals surface area contributed by atoms with Crippen molar-refractivity contribution < 1.29 is 14.7 Å². The van der Waals surface area contributed by atoms with Crippen LogP contribution in [0, 0.1) is 6.92 Å². The van der Waals surface area contributed by atoms with Crippen LogP contribution in [0.25, 0.3) is 0 Å². The van der Waals surface area contributed by atoms with Crippen LogP contribution in [-0.4, -0.2) is 23.1 Å². The maximum absolute atomic E-state index is 12.4. The molecule has 3 N–H and O–H groups in total. The third-order valence-electron chi connectivity index (χ3n) is 4.08. The number of hydrogen-bond donors (Lipinski definition) is 3. The van der Waals surface area contributed by atoms with Gasteiger partial charge in [-0.05, 0) is 48.9 Å². The number of amides is 2. The summed E-state index contributed by atoms with van der Waals surface area (Å²) < 4.78 is 0. The first kappa shape index (κ1) is 18.8. The number of benzene rings is 3. The highest BCUT2D eigenvalue weighted by Crippen LogP contribution is 2.15. The number of aryl methyl sites for hydroxylation is 1. The Morgan fingerprint density at radius 3 is 2.46 bits per heavy atom. The average molecular weight is 373 g/mol. The van der Waals surface area contributed by atoms with E-state index in [1.807, 2.05) is 19.1 Å². The van der Waals surface area contributed by atoms with E-state index in [1.54, 1.807) is 54.6 Å². The molecule has 0 heterocycles. The average Bonchev–Trinajstić information content (AvgIpc) is 2.70. The number of carbonyl (C=O) groups excluding carboxylic acids is 2. The van der Waals surface area contributed by atoms with E-state index in [1.165, 1.54) is 12.3 Å². The van der Waals surface area contributed by atoms with Gasteiger partial charge in [-0.1, -0.05) is 36.4 Å². The predicted octanol–water partition coefficient (Wildman–Crippen LogP) is 3.72. The number of nitrogens with zero attached hydrogens (tertiary/aromatic N) is 1. The van der Waals surface area contributed by atoms with Gasteiger partial charge in [0.1, 0.15) is 5.75 Å². The molecule has 6 heteroatoms. The van der Waals surface area contributed by atoms with E-state index in [0.717, 1.165) is 5.56 Å². The molecule has 0 aromatic heterocycles. The van der Waals surface area contributed by atoms with Gasteiger partial charge in [0.05, 0.1) is 6.21 Å². The van der Waals surface area contributed by atoms with Crippen molar-refractivity contribution in [3.05, 3.63) is 95.1 Å². The second-order valence-corrected chi connectivity index (χ2v) is 6.11. The van der Waals surface area contributed by atoms with Crippen molar-refractivity contribution in [3.63, 3.8) is 0 Å². The molecule has 0 radical (unpaired) electrons. The highest BCUT2D eigenvalue weighted by molar-refractivity contribution is 6.06. The summed E-state index contributed by atoms with van der Waals surface area (Å²) >= 11 is 0. The lowest BCUT2D eigenvalue weighted by Crippen LogP contribution is -2.18. The van der Waals surface area contributed by atoms with E-state index in [4.69, 9.17) is 0 Å². The van der Waals surface area contributed by atoms with E-state index >= 15 is 0 Å². The van der Waals surface area contributed by atoms with Crippen LogP contribution in [0.15, 0.2) is 77.9 Å². The highest BCUT2D eigenvalue weighted by atomic mass is 16.3. The molecule has 2 amide bonds. The molecule has 0 saturated heterocycles. The molecule has 3 aromatic carbocycles. The Kier molecular flexibility index (Phi) is 5.81. The van der Waals surface area contributed by atoms with Crippen LogP contribution < -0.4 is 10.7 Å². The topological polar surface area (TPSA) is 90.8 Å². The molecule has 0 aliphatic carbocycles. The van der Waals surface area contributed by atoms with Crippen LogP contribution >= 0.6 is 0 Å². The number of para-hydroxylation sites is 1. The first-order chi connectivity index (χ1) is 13.5. The predicted molar refractivity (Wildman–Crippen MR) is 109 cm³/mol. The smallest absolute Gasteiger partial charge is 0.271 e. The molecule has 3 aromatic rings. The SMILES string of the molecule is Cc1ccccc1C(=O)Nc1cccc(C(=O)NN=Cc2ccccc2O)c1. The van der Waals surface area contributed by atoms with Gasteiger partial charge in [0.2, 0.25) is 0 Å². The summed E-state index contributed by atoms with van der Waals surface area (Å²) in [6, 6.07) is 20.5. The molecule has 140 valence electrons. The number of aromatic hydroxyl groups is 1. The Balaban J connectivity index is 1.67. The minimum Gasteiger partial charge on any atom is -0.507 e. The molecule has 0 aliphatic heterocycles. The van der Waals surface area contributed by atoms with Crippen LogP contribution in [-0.2, 0) is 0 Å². The Labute approximate surface area is 162 Å². The summed E-state index contributed by atoms with van der Waals surface area (Å²) in [6.07, 6.45) is 1.36. The molecular formula is C22H19N3O3. The number of phenolic OH excluding ortho intramolecular Hbond substituents is 1. The normalized spacial score (nSPS) is 10.6. The summed E-state index contributed by atoms with van der Waals surface area (Å²) in [6.45, 7) is 1.86. The summed E-state index contributed by atoms with van der Waals surface area (Å²) in [4.78, 5) is 24.7. The zero-order chi connectivity index (χ0) is 19.9. The summed E-state index contributed by atoms with van der Waals surface area (Å²) in [7, 11) is 0. The van der Waals surface area contributed by atoms with Gasteiger partial charge in [0.25, 0.3) is 11.8 Å². The van der Waals surface area contributed by atoms with Gasteiger partial charge in [0, 0.05) is 22.4 Å². The Morgan fingerprint density at radius 2 is 1.68 bits per heavy atom. The van der Waals surface area contributed by atoms with E-state index in [-0.39, 0.29) is 11.7 Å². The molecule has 28 heavy (non-hydrogen) atoms. The molecular weight excluding hydrogens is 354 g/mol. The summed E-state index contributed by atoms with van der Waals surface area (Å²) in [5.41, 5.74) is 5.18. The van der Waals surface area contributed by atoms with Crippen LogP contribution in [0.1, 0.15) is 31.8 Å². The fourth-order valence-corrected chi connectivity index (χ4v) is 2.59.